The highest BCUT2D eigenvalue weighted by Crippen LogP contribution is 2.19. The van der Waals surface area contributed by atoms with Crippen molar-refractivity contribution in [3.8, 4) is 11.5 Å². The summed E-state index contributed by atoms with van der Waals surface area (Å²) in [5, 5.41) is 8.31. The van der Waals surface area contributed by atoms with Crippen LogP contribution in [0.3, 0.4) is 0 Å². The first-order valence-electron chi connectivity index (χ1n) is 7.08. The quantitative estimate of drug-likeness (QED) is 0.599. The highest BCUT2D eigenvalue weighted by Gasteiger charge is 2.08. The molecule has 2 aromatic carbocycles. The van der Waals surface area contributed by atoms with Crippen LogP contribution < -0.4 is 5.32 Å². The fraction of sp³-hybridized carbons (Fsp3) is 0.0588. The predicted molar refractivity (Wildman–Crippen MR) is 85.4 cm³/mol. The van der Waals surface area contributed by atoms with Crippen LogP contribution in [0, 0.1) is 0 Å². The van der Waals surface area contributed by atoms with Crippen molar-refractivity contribution in [1.29, 1.82) is 0 Å². The lowest BCUT2D eigenvalue weighted by Gasteiger charge is -1.97. The SMILES string of the molecule is c1ccc(-c2nc(NCc3cc4ccccc4[nH]3)no2)cc1. The summed E-state index contributed by atoms with van der Waals surface area (Å²) in [6.07, 6.45) is 0. The average Bonchev–Trinajstić information content (AvgIpc) is 3.20. The molecule has 0 radical (unpaired) electrons. The van der Waals surface area contributed by atoms with E-state index in [1.807, 2.05) is 42.5 Å². The van der Waals surface area contributed by atoms with Gasteiger partial charge in [-0.1, -0.05) is 36.4 Å². The Morgan fingerprint density at radius 2 is 1.82 bits per heavy atom. The van der Waals surface area contributed by atoms with Crippen molar-refractivity contribution in [2.24, 2.45) is 0 Å². The largest absolute Gasteiger partial charge is 0.357 e. The van der Waals surface area contributed by atoms with Gasteiger partial charge in [0.25, 0.3) is 11.8 Å². The fourth-order valence-electron chi connectivity index (χ4n) is 2.40. The van der Waals surface area contributed by atoms with Crippen LogP contribution in [0.15, 0.2) is 65.2 Å². The van der Waals surface area contributed by atoms with Crippen molar-refractivity contribution in [3.63, 3.8) is 0 Å². The molecule has 0 aliphatic heterocycles. The number of benzene rings is 2. The number of aromatic nitrogens is 3. The maximum atomic E-state index is 5.26. The number of H-pyrrole nitrogens is 1. The van der Waals surface area contributed by atoms with Crippen molar-refractivity contribution in [1.82, 2.24) is 15.1 Å². The summed E-state index contributed by atoms with van der Waals surface area (Å²) in [6.45, 7) is 0.614. The minimum absolute atomic E-state index is 0.484. The maximum absolute atomic E-state index is 5.26. The molecule has 0 aliphatic rings. The van der Waals surface area contributed by atoms with E-state index in [-0.39, 0.29) is 0 Å². The van der Waals surface area contributed by atoms with Crippen LogP contribution in [0.1, 0.15) is 5.69 Å². The summed E-state index contributed by atoms with van der Waals surface area (Å²) in [5.74, 6) is 0.997. The zero-order valence-corrected chi connectivity index (χ0v) is 11.8. The Balaban J connectivity index is 1.49. The molecular formula is C17H14N4O. The number of nitrogens with one attached hydrogen (secondary N) is 2. The number of aromatic amines is 1. The van der Waals surface area contributed by atoms with Gasteiger partial charge in [0, 0.05) is 16.8 Å². The van der Waals surface area contributed by atoms with E-state index >= 15 is 0 Å². The van der Waals surface area contributed by atoms with Gasteiger partial charge in [0.2, 0.25) is 0 Å². The van der Waals surface area contributed by atoms with Crippen LogP contribution in [0.25, 0.3) is 22.4 Å². The number of hydrogen-bond acceptors (Lipinski definition) is 4. The van der Waals surface area contributed by atoms with E-state index in [4.69, 9.17) is 4.52 Å². The Morgan fingerprint density at radius 1 is 1.00 bits per heavy atom. The minimum atomic E-state index is 0.484. The number of rotatable bonds is 4. The van der Waals surface area contributed by atoms with Crippen LogP contribution in [0.4, 0.5) is 5.95 Å². The lowest BCUT2D eigenvalue weighted by Crippen LogP contribution is -2.00. The number of anilines is 1. The molecule has 0 aliphatic carbocycles. The van der Waals surface area contributed by atoms with Crippen molar-refractivity contribution in [2.75, 3.05) is 5.32 Å². The molecule has 4 aromatic rings. The van der Waals surface area contributed by atoms with Gasteiger partial charge < -0.3 is 14.8 Å². The first-order valence-corrected chi connectivity index (χ1v) is 7.08. The third-order valence-electron chi connectivity index (χ3n) is 3.47. The van der Waals surface area contributed by atoms with Crippen molar-refractivity contribution in [3.05, 3.63) is 66.4 Å². The van der Waals surface area contributed by atoms with Gasteiger partial charge in [0.1, 0.15) is 0 Å². The predicted octanol–water partition coefficient (Wildman–Crippen LogP) is 3.83. The summed E-state index contributed by atoms with van der Waals surface area (Å²) < 4.78 is 5.26. The van der Waals surface area contributed by atoms with Gasteiger partial charge in [-0.2, -0.15) is 4.98 Å². The molecule has 0 amide bonds. The third kappa shape index (κ3) is 2.44. The number of hydrogen-bond donors (Lipinski definition) is 2. The molecule has 2 heterocycles. The van der Waals surface area contributed by atoms with Crippen LogP contribution in [-0.2, 0) is 6.54 Å². The number of fused-ring (bicyclic) bond motifs is 1. The molecule has 108 valence electrons. The Kier molecular flexibility index (Phi) is 3.08. The molecule has 5 nitrogen and oxygen atoms in total. The molecular weight excluding hydrogens is 276 g/mol. The first-order chi connectivity index (χ1) is 10.9. The maximum Gasteiger partial charge on any atom is 0.264 e. The molecule has 0 bridgehead atoms. The molecule has 0 saturated heterocycles. The summed E-state index contributed by atoms with van der Waals surface area (Å²) >= 11 is 0. The van der Waals surface area contributed by atoms with E-state index in [0.29, 0.717) is 18.4 Å². The van der Waals surface area contributed by atoms with E-state index in [0.717, 1.165) is 16.8 Å². The van der Waals surface area contributed by atoms with Gasteiger partial charge in [-0.25, -0.2) is 0 Å². The Labute approximate surface area is 127 Å². The van der Waals surface area contributed by atoms with Crippen LogP contribution >= 0.6 is 0 Å². The topological polar surface area (TPSA) is 66.7 Å². The second-order valence-electron chi connectivity index (χ2n) is 5.02. The summed E-state index contributed by atoms with van der Waals surface area (Å²) in [7, 11) is 0. The lowest BCUT2D eigenvalue weighted by molar-refractivity contribution is 0.432. The molecule has 2 aromatic heterocycles. The molecule has 0 spiro atoms. The molecule has 22 heavy (non-hydrogen) atoms. The first kappa shape index (κ1) is 12.6. The van der Waals surface area contributed by atoms with Crippen LogP contribution in [-0.4, -0.2) is 15.1 Å². The summed E-state index contributed by atoms with van der Waals surface area (Å²) in [4.78, 5) is 7.70. The van der Waals surface area contributed by atoms with Gasteiger partial charge in [-0.05, 0) is 34.8 Å². The van der Waals surface area contributed by atoms with Crippen molar-refractivity contribution >= 4 is 16.9 Å². The van der Waals surface area contributed by atoms with Gasteiger partial charge in [-0.3, -0.25) is 0 Å². The highest BCUT2D eigenvalue weighted by molar-refractivity contribution is 5.80. The Hall–Kier alpha value is -3.08. The normalized spacial score (nSPS) is 10.9. The number of para-hydroxylation sites is 1. The van der Waals surface area contributed by atoms with Crippen molar-refractivity contribution in [2.45, 2.75) is 6.54 Å². The highest BCUT2D eigenvalue weighted by atomic mass is 16.5. The van der Waals surface area contributed by atoms with Crippen LogP contribution in [0.2, 0.25) is 0 Å². The summed E-state index contributed by atoms with van der Waals surface area (Å²) in [6, 6.07) is 20.0. The van der Waals surface area contributed by atoms with Crippen molar-refractivity contribution < 1.29 is 4.52 Å². The van der Waals surface area contributed by atoms with E-state index in [1.165, 1.54) is 5.39 Å². The van der Waals surface area contributed by atoms with Gasteiger partial charge >= 0.3 is 0 Å². The molecule has 0 fully saturated rings. The number of nitrogens with zero attached hydrogens (tertiary/aromatic N) is 2. The molecule has 5 heteroatoms. The van der Waals surface area contributed by atoms with E-state index in [2.05, 4.69) is 38.6 Å². The molecule has 0 saturated carbocycles. The summed E-state index contributed by atoms with van der Waals surface area (Å²) in [5.41, 5.74) is 3.11. The van der Waals surface area contributed by atoms with E-state index < -0.39 is 0 Å². The van der Waals surface area contributed by atoms with E-state index in [1.54, 1.807) is 0 Å². The van der Waals surface area contributed by atoms with E-state index in [9.17, 15) is 0 Å². The fourth-order valence-corrected chi connectivity index (χ4v) is 2.40. The Bertz CT molecular complexity index is 862. The molecule has 0 atom stereocenters. The second-order valence-corrected chi connectivity index (χ2v) is 5.02. The zero-order chi connectivity index (χ0) is 14.8. The monoisotopic (exact) mass is 290 g/mol. The van der Waals surface area contributed by atoms with Gasteiger partial charge in [0.05, 0.1) is 6.54 Å². The molecule has 4 rings (SSSR count). The van der Waals surface area contributed by atoms with Crippen LogP contribution in [0.5, 0.6) is 0 Å². The lowest BCUT2D eigenvalue weighted by atomic mass is 10.2. The third-order valence-corrected chi connectivity index (χ3v) is 3.47. The second kappa shape index (κ2) is 5.37. The average molecular weight is 290 g/mol. The Morgan fingerprint density at radius 3 is 2.68 bits per heavy atom. The molecule has 0 unspecified atom stereocenters. The van der Waals surface area contributed by atoms with Gasteiger partial charge in [-0.15, -0.1) is 0 Å². The van der Waals surface area contributed by atoms with Gasteiger partial charge in [0.15, 0.2) is 0 Å². The molecule has 2 N–H and O–H groups in total. The zero-order valence-electron chi connectivity index (χ0n) is 11.8. The standard InChI is InChI=1S/C17H14N4O/c1-2-6-12(7-3-1)16-20-17(21-22-16)18-11-14-10-13-8-4-5-9-15(13)19-14/h1-10,19H,11H2,(H,18,21). The smallest absolute Gasteiger partial charge is 0.264 e. The minimum Gasteiger partial charge on any atom is -0.357 e.